The number of ether oxygens (including phenoxy) is 1. The van der Waals surface area contributed by atoms with Crippen LogP contribution in [0.4, 0.5) is 21.6 Å². The van der Waals surface area contributed by atoms with Crippen molar-refractivity contribution in [2.24, 2.45) is 0 Å². The van der Waals surface area contributed by atoms with Gasteiger partial charge in [-0.15, -0.1) is 0 Å². The molecule has 4 aromatic rings. The van der Waals surface area contributed by atoms with Gasteiger partial charge in [0.2, 0.25) is 17.7 Å². The van der Waals surface area contributed by atoms with Crippen LogP contribution in [-0.2, 0) is 27.5 Å². The highest BCUT2D eigenvalue weighted by Crippen LogP contribution is 2.34. The van der Waals surface area contributed by atoms with Gasteiger partial charge in [-0.2, -0.15) is 0 Å². The van der Waals surface area contributed by atoms with Crippen molar-refractivity contribution in [3.63, 3.8) is 0 Å². The minimum absolute atomic E-state index is 0.0257. The summed E-state index contributed by atoms with van der Waals surface area (Å²) in [4.78, 5) is 64.4. The van der Waals surface area contributed by atoms with Crippen molar-refractivity contribution < 1.29 is 28.3 Å². The predicted molar refractivity (Wildman–Crippen MR) is 197 cm³/mol. The molecule has 1 atom stereocenters. The van der Waals surface area contributed by atoms with Crippen LogP contribution in [0.25, 0.3) is 10.9 Å². The Morgan fingerprint density at radius 1 is 1.06 bits per heavy atom. The molecule has 1 unspecified atom stereocenters. The van der Waals surface area contributed by atoms with E-state index in [1.807, 2.05) is 12.1 Å². The summed E-state index contributed by atoms with van der Waals surface area (Å²) in [5, 5.41) is 8.89. The molecule has 7 rings (SSSR count). The lowest BCUT2D eigenvalue weighted by atomic mass is 10.0. The lowest BCUT2D eigenvalue weighted by molar-refractivity contribution is -0.137. The quantitative estimate of drug-likeness (QED) is 0.107. The van der Waals surface area contributed by atoms with E-state index in [1.54, 1.807) is 23.1 Å². The topological polar surface area (TPSA) is 149 Å². The standard InChI is InChI=1S/C38H38ClFN8O5/c1-2-34(49)44-31-18-27-30(41-22-42-36(27)43-25-5-7-29(40)28(39)17-25)19-33(31)53-15-3-10-46-11-13-47(14-12-46)20-23-4-6-26-24(16-23)21-48(38(26)52)32-8-9-35(50)45-37(32)51/h2,4-7,16-19,22,32H,1,3,8-15,20-21H2,(H,44,49)(H,41,42,43)(H,45,50,51). The average Bonchev–Trinajstić information content (AvgIpc) is 3.47. The van der Waals surface area contributed by atoms with Crippen LogP contribution in [0.15, 0.2) is 67.5 Å². The van der Waals surface area contributed by atoms with Crippen molar-refractivity contribution >= 4 is 63.3 Å². The molecule has 3 N–H and O–H groups in total. The second kappa shape index (κ2) is 15.7. The van der Waals surface area contributed by atoms with Gasteiger partial charge in [-0.3, -0.25) is 29.4 Å². The molecule has 1 aromatic heterocycles. The fourth-order valence-electron chi connectivity index (χ4n) is 6.92. The number of hydrogen-bond acceptors (Lipinski definition) is 10. The normalized spacial score (nSPS) is 17.8. The van der Waals surface area contributed by atoms with E-state index in [9.17, 15) is 23.6 Å². The highest BCUT2D eigenvalue weighted by Gasteiger charge is 2.39. The first-order valence-electron chi connectivity index (χ1n) is 17.4. The molecule has 3 aliphatic heterocycles. The fraction of sp³-hybridized carbons (Fsp3) is 0.316. The Labute approximate surface area is 310 Å². The Morgan fingerprint density at radius 3 is 2.64 bits per heavy atom. The van der Waals surface area contributed by atoms with E-state index in [2.05, 4.69) is 48.4 Å². The van der Waals surface area contributed by atoms with Crippen LogP contribution in [0.5, 0.6) is 5.75 Å². The summed E-state index contributed by atoms with van der Waals surface area (Å²) < 4.78 is 19.9. The van der Waals surface area contributed by atoms with Gasteiger partial charge in [0.25, 0.3) is 5.91 Å². The summed E-state index contributed by atoms with van der Waals surface area (Å²) >= 11 is 5.96. The van der Waals surface area contributed by atoms with Gasteiger partial charge in [-0.1, -0.05) is 30.3 Å². The number of imide groups is 1. The highest BCUT2D eigenvalue weighted by atomic mass is 35.5. The second-order valence-corrected chi connectivity index (χ2v) is 13.7. The van der Waals surface area contributed by atoms with Gasteiger partial charge >= 0.3 is 0 Å². The first-order valence-corrected chi connectivity index (χ1v) is 17.8. The minimum atomic E-state index is -0.622. The number of hydrogen-bond donors (Lipinski definition) is 3. The number of piperidine rings is 1. The molecule has 2 fully saturated rings. The Hall–Kier alpha value is -5.44. The fourth-order valence-corrected chi connectivity index (χ4v) is 7.10. The molecule has 13 nitrogen and oxygen atoms in total. The van der Waals surface area contributed by atoms with Crippen LogP contribution in [-0.4, -0.2) is 93.7 Å². The predicted octanol–water partition coefficient (Wildman–Crippen LogP) is 4.64. The maximum absolute atomic E-state index is 13.7. The number of benzene rings is 3. The van der Waals surface area contributed by atoms with Gasteiger partial charge in [-0.25, -0.2) is 14.4 Å². The number of nitrogens with one attached hydrogen (secondary N) is 3. The first kappa shape index (κ1) is 35.9. The third kappa shape index (κ3) is 8.14. The van der Waals surface area contributed by atoms with E-state index in [0.717, 1.165) is 56.8 Å². The maximum Gasteiger partial charge on any atom is 0.255 e. The van der Waals surface area contributed by atoms with Gasteiger partial charge in [0.1, 0.15) is 29.8 Å². The van der Waals surface area contributed by atoms with Gasteiger partial charge < -0.3 is 25.2 Å². The molecule has 0 spiro atoms. The molecule has 0 saturated carbocycles. The van der Waals surface area contributed by atoms with Crippen LogP contribution in [0.3, 0.4) is 0 Å². The summed E-state index contributed by atoms with van der Waals surface area (Å²) in [5.74, 6) is -0.889. The number of carbonyl (C=O) groups is 4. The summed E-state index contributed by atoms with van der Waals surface area (Å²) in [6, 6.07) is 13.0. The Balaban J connectivity index is 0.913. The molecule has 15 heteroatoms. The molecule has 0 radical (unpaired) electrons. The van der Waals surface area contributed by atoms with Gasteiger partial charge in [-0.05, 0) is 60.4 Å². The Morgan fingerprint density at radius 2 is 1.87 bits per heavy atom. The van der Waals surface area contributed by atoms with Crippen LogP contribution in [0.2, 0.25) is 5.02 Å². The SMILES string of the molecule is C=CC(=O)Nc1cc2c(Nc3ccc(F)c(Cl)c3)ncnc2cc1OCCCN1CCN(Cc2ccc3c(c2)CN(C2CCC(=O)NC2=O)C3=O)CC1. The zero-order chi connectivity index (χ0) is 37.1. The van der Waals surface area contributed by atoms with Crippen molar-refractivity contribution in [3.8, 4) is 5.75 Å². The summed E-state index contributed by atoms with van der Waals surface area (Å²) in [7, 11) is 0. The molecule has 3 aliphatic rings. The number of halogens is 2. The van der Waals surface area contributed by atoms with Crippen molar-refractivity contribution in [1.82, 2.24) is 30.0 Å². The lowest BCUT2D eigenvalue weighted by Gasteiger charge is -2.34. The first-order chi connectivity index (χ1) is 25.6. The number of anilines is 3. The number of aromatic nitrogens is 2. The molecular weight excluding hydrogens is 703 g/mol. The minimum Gasteiger partial charge on any atom is -0.491 e. The third-order valence-corrected chi connectivity index (χ3v) is 9.99. The lowest BCUT2D eigenvalue weighted by Crippen LogP contribution is -2.52. The molecule has 4 amide bonds. The smallest absolute Gasteiger partial charge is 0.255 e. The van der Waals surface area contributed by atoms with Crippen molar-refractivity contribution in [2.75, 3.05) is 50.0 Å². The molecule has 2 saturated heterocycles. The number of carbonyl (C=O) groups excluding carboxylic acids is 4. The van der Waals surface area contributed by atoms with Crippen molar-refractivity contribution in [2.45, 2.75) is 38.4 Å². The van der Waals surface area contributed by atoms with E-state index < -0.39 is 23.7 Å². The molecule has 4 heterocycles. The van der Waals surface area contributed by atoms with Gasteiger partial charge in [0.05, 0.1) is 22.8 Å². The summed E-state index contributed by atoms with van der Waals surface area (Å²) in [5.41, 5.74) is 4.20. The third-order valence-electron chi connectivity index (χ3n) is 9.70. The summed E-state index contributed by atoms with van der Waals surface area (Å²) in [6.45, 7) is 9.51. The van der Waals surface area contributed by atoms with Crippen LogP contribution >= 0.6 is 11.6 Å². The molecule has 274 valence electrons. The van der Waals surface area contributed by atoms with E-state index in [-0.39, 0.29) is 23.3 Å². The van der Waals surface area contributed by atoms with E-state index >= 15 is 0 Å². The second-order valence-electron chi connectivity index (χ2n) is 13.2. The molecule has 0 bridgehead atoms. The number of amides is 4. The molecule has 53 heavy (non-hydrogen) atoms. The summed E-state index contributed by atoms with van der Waals surface area (Å²) in [6.07, 6.45) is 3.92. The molecule has 3 aromatic carbocycles. The van der Waals surface area contributed by atoms with Crippen molar-refractivity contribution in [1.29, 1.82) is 0 Å². The van der Waals surface area contributed by atoms with Gasteiger partial charge in [0.15, 0.2) is 0 Å². The average molecular weight is 741 g/mol. The van der Waals surface area contributed by atoms with E-state index in [1.165, 1.54) is 24.5 Å². The van der Waals surface area contributed by atoms with Crippen molar-refractivity contribution in [3.05, 3.63) is 95.0 Å². The van der Waals surface area contributed by atoms with Crippen LogP contribution in [0.1, 0.15) is 40.7 Å². The molecular formula is C38H38ClFN8O5. The Kier molecular flexibility index (Phi) is 10.6. The number of fused-ring (bicyclic) bond motifs is 2. The van der Waals surface area contributed by atoms with E-state index in [0.29, 0.717) is 59.0 Å². The zero-order valence-corrected chi connectivity index (χ0v) is 29.6. The number of rotatable bonds is 12. The van der Waals surface area contributed by atoms with E-state index in [4.69, 9.17) is 16.3 Å². The molecule has 0 aliphatic carbocycles. The van der Waals surface area contributed by atoms with Crippen LogP contribution in [0, 0.1) is 5.82 Å². The monoisotopic (exact) mass is 740 g/mol. The number of piperazine rings is 1. The maximum atomic E-state index is 13.7. The van der Waals surface area contributed by atoms with Gasteiger partial charge in [0, 0.05) is 74.9 Å². The largest absolute Gasteiger partial charge is 0.491 e. The Bertz CT molecular complexity index is 2110. The van der Waals surface area contributed by atoms with Crippen LogP contribution < -0.4 is 20.7 Å². The zero-order valence-electron chi connectivity index (χ0n) is 28.9. The number of nitrogens with zero attached hydrogens (tertiary/aromatic N) is 5. The highest BCUT2D eigenvalue weighted by molar-refractivity contribution is 6.31.